The molecule has 1 aromatic heterocycles. The van der Waals surface area contributed by atoms with Gasteiger partial charge in [-0.1, -0.05) is 12.1 Å². The Morgan fingerprint density at radius 1 is 1.08 bits per heavy atom. The third-order valence-electron chi connectivity index (χ3n) is 7.07. The maximum absolute atomic E-state index is 13.1. The number of carboxylic acids is 1. The molecule has 13 heteroatoms. The lowest BCUT2D eigenvalue weighted by molar-refractivity contribution is -0.192. The van der Waals surface area contributed by atoms with Gasteiger partial charge in [0.25, 0.3) is 0 Å². The van der Waals surface area contributed by atoms with Crippen molar-refractivity contribution < 1.29 is 32.7 Å². The molecule has 3 N–H and O–H groups in total. The van der Waals surface area contributed by atoms with Gasteiger partial charge in [-0.2, -0.15) is 13.2 Å². The van der Waals surface area contributed by atoms with Gasteiger partial charge < -0.3 is 10.4 Å². The van der Waals surface area contributed by atoms with Crippen LogP contribution in [-0.4, -0.2) is 75.3 Å². The third-order valence-corrected chi connectivity index (χ3v) is 7.07. The summed E-state index contributed by atoms with van der Waals surface area (Å²) in [6.45, 7) is 4.21. The number of hydrogen-bond donors (Lipinski definition) is 3. The van der Waals surface area contributed by atoms with Crippen molar-refractivity contribution in [1.29, 1.82) is 0 Å². The van der Waals surface area contributed by atoms with Gasteiger partial charge >= 0.3 is 17.8 Å². The van der Waals surface area contributed by atoms with Gasteiger partial charge in [0.15, 0.2) is 0 Å². The fourth-order valence-corrected chi connectivity index (χ4v) is 5.21. The molecule has 0 aliphatic carbocycles. The van der Waals surface area contributed by atoms with Crippen LogP contribution in [0.25, 0.3) is 11.0 Å². The number of imide groups is 1. The normalized spacial score (nSPS) is 22.1. The maximum Gasteiger partial charge on any atom is 0.490 e. The maximum atomic E-state index is 13.1. The molecular formula is C23H28F3N5O5. The number of carbonyl (C=O) groups is 3. The molecule has 0 spiro atoms. The number of para-hydroxylation sites is 1. The number of likely N-dealkylation sites (tertiary alicyclic amines) is 1. The third kappa shape index (κ3) is 5.03. The minimum atomic E-state index is -5.08. The molecule has 0 bridgehead atoms. The minimum Gasteiger partial charge on any atom is -0.475 e. The van der Waals surface area contributed by atoms with Crippen molar-refractivity contribution in [1.82, 2.24) is 24.7 Å². The average molecular weight is 512 g/mol. The van der Waals surface area contributed by atoms with E-state index in [0.717, 1.165) is 37.2 Å². The lowest BCUT2D eigenvalue weighted by Gasteiger charge is -2.46. The first kappa shape index (κ1) is 25.9. The number of amides is 2. The highest BCUT2D eigenvalue weighted by Gasteiger charge is 2.38. The SMILES string of the molecule is Cn1c(=O)n(C2CCC(=O)NC2=O)c2cccc(C3CN(C4CCNCC4)C3)c21.O=C(O)C(F)(F)F. The Bertz CT molecular complexity index is 1230. The number of piperidine rings is 2. The summed E-state index contributed by atoms with van der Waals surface area (Å²) in [6.07, 6.45) is -2.07. The van der Waals surface area contributed by atoms with Crippen molar-refractivity contribution in [2.45, 2.75) is 49.9 Å². The van der Waals surface area contributed by atoms with Crippen LogP contribution in [-0.2, 0) is 21.4 Å². The van der Waals surface area contributed by atoms with Gasteiger partial charge in [0.1, 0.15) is 6.04 Å². The highest BCUT2D eigenvalue weighted by atomic mass is 19.4. The van der Waals surface area contributed by atoms with Gasteiger partial charge in [0.05, 0.1) is 11.0 Å². The van der Waals surface area contributed by atoms with E-state index in [-0.39, 0.29) is 23.9 Å². The molecule has 1 unspecified atom stereocenters. The quantitative estimate of drug-likeness (QED) is 0.527. The molecule has 3 aliphatic rings. The van der Waals surface area contributed by atoms with Gasteiger partial charge in [-0.25, -0.2) is 9.59 Å². The minimum absolute atomic E-state index is 0.198. The molecule has 4 heterocycles. The molecule has 0 radical (unpaired) electrons. The van der Waals surface area contributed by atoms with Crippen LogP contribution in [0.2, 0.25) is 0 Å². The van der Waals surface area contributed by atoms with Gasteiger partial charge in [-0.3, -0.25) is 28.9 Å². The number of imidazole rings is 1. The second kappa shape index (κ2) is 10.1. The zero-order valence-electron chi connectivity index (χ0n) is 19.7. The number of nitrogens with one attached hydrogen (secondary N) is 2. The van der Waals surface area contributed by atoms with Crippen molar-refractivity contribution in [2.75, 3.05) is 26.2 Å². The Morgan fingerprint density at radius 2 is 1.72 bits per heavy atom. The van der Waals surface area contributed by atoms with E-state index in [1.54, 1.807) is 16.2 Å². The Labute approximate surface area is 204 Å². The van der Waals surface area contributed by atoms with Crippen LogP contribution >= 0.6 is 0 Å². The molecular weight excluding hydrogens is 483 g/mol. The highest BCUT2D eigenvalue weighted by molar-refractivity contribution is 6.00. The summed E-state index contributed by atoms with van der Waals surface area (Å²) in [5.41, 5.74) is 2.68. The molecule has 36 heavy (non-hydrogen) atoms. The first-order valence-electron chi connectivity index (χ1n) is 11.8. The fourth-order valence-electron chi connectivity index (χ4n) is 5.21. The van der Waals surface area contributed by atoms with E-state index >= 15 is 0 Å². The van der Waals surface area contributed by atoms with Crippen molar-refractivity contribution in [2.24, 2.45) is 7.05 Å². The topological polar surface area (TPSA) is 126 Å². The molecule has 2 aromatic rings. The Morgan fingerprint density at radius 3 is 2.31 bits per heavy atom. The summed E-state index contributed by atoms with van der Waals surface area (Å²) in [6, 6.07) is 6.02. The number of benzene rings is 1. The van der Waals surface area contributed by atoms with Crippen LogP contribution in [0.15, 0.2) is 23.0 Å². The molecule has 2 amide bonds. The molecule has 3 fully saturated rings. The van der Waals surface area contributed by atoms with Crippen LogP contribution in [0.1, 0.15) is 43.2 Å². The van der Waals surface area contributed by atoms with Crippen molar-refractivity contribution in [3.05, 3.63) is 34.2 Å². The van der Waals surface area contributed by atoms with E-state index in [2.05, 4.69) is 21.6 Å². The van der Waals surface area contributed by atoms with Gasteiger partial charge in [-0.05, 0) is 44.0 Å². The Hall–Kier alpha value is -3.19. The lowest BCUT2D eigenvalue weighted by atomic mass is 9.87. The number of carboxylic acid groups (broad SMARTS) is 1. The molecule has 3 saturated heterocycles. The summed E-state index contributed by atoms with van der Waals surface area (Å²) in [5.74, 6) is -3.01. The Balaban J connectivity index is 0.000000384. The number of halogens is 3. The van der Waals surface area contributed by atoms with Crippen LogP contribution in [0.3, 0.4) is 0 Å². The largest absolute Gasteiger partial charge is 0.490 e. The first-order chi connectivity index (χ1) is 17.0. The predicted octanol–water partition coefficient (Wildman–Crippen LogP) is 1.10. The smallest absolute Gasteiger partial charge is 0.475 e. The number of aryl methyl sites for hydroxylation is 1. The van der Waals surface area contributed by atoms with Gasteiger partial charge in [0.2, 0.25) is 11.8 Å². The molecule has 0 saturated carbocycles. The second-order valence-corrected chi connectivity index (χ2v) is 9.33. The van der Waals surface area contributed by atoms with Crippen molar-refractivity contribution in [3.8, 4) is 0 Å². The summed E-state index contributed by atoms with van der Waals surface area (Å²) in [4.78, 5) is 48.4. The summed E-state index contributed by atoms with van der Waals surface area (Å²) < 4.78 is 35.0. The highest BCUT2D eigenvalue weighted by Crippen LogP contribution is 2.35. The fraction of sp³-hybridized carbons (Fsp3) is 0.565. The van der Waals surface area contributed by atoms with Crippen LogP contribution in [0.5, 0.6) is 0 Å². The van der Waals surface area contributed by atoms with E-state index in [1.807, 2.05) is 12.1 Å². The predicted molar refractivity (Wildman–Crippen MR) is 122 cm³/mol. The number of nitrogens with zero attached hydrogens (tertiary/aromatic N) is 3. The van der Waals surface area contributed by atoms with Gasteiger partial charge in [-0.15, -0.1) is 0 Å². The standard InChI is InChI=1S/C21H27N5O3.C2HF3O2/c1-24-19-15(13-11-25(12-13)14-7-9-22-10-8-14)3-2-4-16(19)26(21(24)29)17-5-6-18(27)23-20(17)28;3-2(4,5)1(6)7/h2-4,13-14,17,22H,5-12H2,1H3,(H,23,27,28);(H,6,7). The van der Waals surface area contributed by atoms with E-state index < -0.39 is 18.2 Å². The second-order valence-electron chi connectivity index (χ2n) is 9.33. The van der Waals surface area contributed by atoms with Crippen LogP contribution in [0.4, 0.5) is 13.2 Å². The number of carbonyl (C=O) groups excluding carboxylic acids is 2. The number of rotatable bonds is 3. The zero-order chi connectivity index (χ0) is 26.2. The number of fused-ring (bicyclic) bond motifs is 1. The lowest BCUT2D eigenvalue weighted by Crippen LogP contribution is -2.53. The molecule has 1 aromatic carbocycles. The van der Waals surface area contributed by atoms with Crippen molar-refractivity contribution in [3.63, 3.8) is 0 Å². The average Bonchev–Trinajstić information content (AvgIpc) is 3.04. The molecule has 10 nitrogen and oxygen atoms in total. The summed E-state index contributed by atoms with van der Waals surface area (Å²) in [5, 5.41) is 12.9. The number of hydrogen-bond acceptors (Lipinski definition) is 6. The van der Waals surface area contributed by atoms with E-state index in [0.29, 0.717) is 18.4 Å². The molecule has 3 aliphatic heterocycles. The summed E-state index contributed by atoms with van der Waals surface area (Å²) >= 11 is 0. The monoisotopic (exact) mass is 511 g/mol. The van der Waals surface area contributed by atoms with Gasteiger partial charge in [0, 0.05) is 38.5 Å². The number of aliphatic carboxylic acids is 1. The molecule has 1 atom stereocenters. The first-order valence-corrected chi connectivity index (χ1v) is 11.8. The van der Waals surface area contributed by atoms with E-state index in [4.69, 9.17) is 9.90 Å². The Kier molecular flexibility index (Phi) is 7.23. The van der Waals surface area contributed by atoms with Crippen molar-refractivity contribution >= 4 is 28.8 Å². The number of aromatic nitrogens is 2. The summed E-state index contributed by atoms with van der Waals surface area (Å²) in [7, 11) is 1.78. The zero-order valence-corrected chi connectivity index (χ0v) is 19.7. The van der Waals surface area contributed by atoms with E-state index in [9.17, 15) is 27.6 Å². The van der Waals surface area contributed by atoms with E-state index in [1.165, 1.54) is 18.4 Å². The van der Waals surface area contributed by atoms with Crippen LogP contribution < -0.4 is 16.3 Å². The van der Waals surface area contributed by atoms with Crippen LogP contribution in [0, 0.1) is 0 Å². The molecule has 5 rings (SSSR count). The number of alkyl halides is 3. The molecule has 196 valence electrons.